The van der Waals surface area contributed by atoms with Gasteiger partial charge in [0.2, 0.25) is 0 Å². The molecule has 0 N–H and O–H groups in total. The Hall–Kier alpha value is -7.88. The van der Waals surface area contributed by atoms with Gasteiger partial charge in [-0.3, -0.25) is 0 Å². The molecule has 0 unspecified atom stereocenters. The molecule has 0 bridgehead atoms. The normalized spacial score (nSPS) is 13.1. The molecule has 10 aromatic carbocycles. The van der Waals surface area contributed by atoms with Crippen LogP contribution in [-0.4, -0.2) is 14.5 Å². The highest BCUT2D eigenvalue weighted by molar-refractivity contribution is 6.30. The summed E-state index contributed by atoms with van der Waals surface area (Å²) in [4.78, 5) is 10.6. The van der Waals surface area contributed by atoms with Gasteiger partial charge in [-0.05, 0) is 108 Å². The molecule has 0 spiro atoms. The van der Waals surface area contributed by atoms with Crippen LogP contribution in [-0.2, 0) is 5.41 Å². The van der Waals surface area contributed by atoms with Gasteiger partial charge in [-0.15, -0.1) is 0 Å². The van der Waals surface area contributed by atoms with Crippen molar-refractivity contribution in [3.63, 3.8) is 0 Å². The van der Waals surface area contributed by atoms with Gasteiger partial charge in [0.15, 0.2) is 5.82 Å². The van der Waals surface area contributed by atoms with Crippen molar-refractivity contribution in [1.82, 2.24) is 14.5 Å². The monoisotopic (exact) mass is 789 g/mol. The van der Waals surface area contributed by atoms with E-state index in [1.807, 2.05) is 0 Å². The molecule has 0 saturated heterocycles. The van der Waals surface area contributed by atoms with Gasteiger partial charge in [-0.2, -0.15) is 0 Å². The van der Waals surface area contributed by atoms with Crippen LogP contribution in [0.4, 0.5) is 0 Å². The molecule has 2 heterocycles. The van der Waals surface area contributed by atoms with Crippen molar-refractivity contribution in [1.29, 1.82) is 0 Å². The van der Waals surface area contributed by atoms with E-state index in [4.69, 9.17) is 9.97 Å². The lowest BCUT2D eigenvalue weighted by Crippen LogP contribution is -2.14. The van der Waals surface area contributed by atoms with E-state index in [0.29, 0.717) is 5.82 Å². The average molecular weight is 790 g/mol. The summed E-state index contributed by atoms with van der Waals surface area (Å²) >= 11 is 0. The zero-order valence-corrected chi connectivity index (χ0v) is 34.4. The van der Waals surface area contributed by atoms with E-state index in [9.17, 15) is 0 Å². The number of nitrogens with zero attached hydrogens (tertiary/aromatic N) is 3. The zero-order chi connectivity index (χ0) is 41.1. The Morgan fingerprint density at radius 3 is 1.69 bits per heavy atom. The highest BCUT2D eigenvalue weighted by atomic mass is 15.0. The molecule has 3 nitrogen and oxygen atoms in total. The quantitative estimate of drug-likeness (QED) is 0.166. The molecule has 0 saturated carbocycles. The van der Waals surface area contributed by atoms with Crippen molar-refractivity contribution >= 4 is 64.9 Å². The summed E-state index contributed by atoms with van der Waals surface area (Å²) in [6, 6.07) is 73.0. The predicted octanol–water partition coefficient (Wildman–Crippen LogP) is 15.5. The summed E-state index contributed by atoms with van der Waals surface area (Å²) < 4.78 is 2.47. The van der Waals surface area contributed by atoms with E-state index in [2.05, 4.69) is 219 Å². The average Bonchev–Trinajstić information content (AvgIpc) is 3.78. The first-order valence-corrected chi connectivity index (χ1v) is 21.5. The first-order chi connectivity index (χ1) is 30.5. The fourth-order valence-corrected chi connectivity index (χ4v) is 10.5. The third kappa shape index (κ3) is 5.06. The molecule has 0 aliphatic heterocycles. The van der Waals surface area contributed by atoms with Gasteiger partial charge in [0.25, 0.3) is 0 Å². The fraction of sp³-hybridized carbons (Fsp3) is 0.0508. The lowest BCUT2D eigenvalue weighted by Gasteiger charge is -2.22. The molecule has 0 fully saturated rings. The largest absolute Gasteiger partial charge is 0.309 e. The molecular formula is C59H39N3. The molecule has 290 valence electrons. The molecule has 1 aliphatic carbocycles. The Balaban J connectivity index is 1.01. The van der Waals surface area contributed by atoms with Crippen LogP contribution in [0.3, 0.4) is 0 Å². The van der Waals surface area contributed by atoms with Gasteiger partial charge in [0, 0.05) is 44.0 Å². The Morgan fingerprint density at radius 1 is 0.371 bits per heavy atom. The van der Waals surface area contributed by atoms with Crippen LogP contribution < -0.4 is 0 Å². The van der Waals surface area contributed by atoms with Gasteiger partial charge in [-0.25, -0.2) is 9.97 Å². The number of benzene rings is 10. The standard InChI is InChI=1S/C59H39N3/c1-59(2)52-23-13-12-22-46(52)47-30-27-39(32-53(47)59)55-35-54(37-15-4-3-5-16-37)60-58(61-55)38-24-28-40(29-25-38)62-56-34-50-45-21-11-9-19-43(45)42-18-8-10-20-44(42)49(50)33-51(56)48-31-26-36-14-6-7-17-41(36)57(48)62/h3-35H,1-2H3. The topological polar surface area (TPSA) is 30.7 Å². The second-order valence-corrected chi connectivity index (χ2v) is 17.3. The summed E-state index contributed by atoms with van der Waals surface area (Å²) in [5.74, 6) is 0.702. The smallest absolute Gasteiger partial charge is 0.160 e. The maximum absolute atomic E-state index is 5.33. The van der Waals surface area contributed by atoms with E-state index in [1.54, 1.807) is 0 Å². The van der Waals surface area contributed by atoms with Crippen molar-refractivity contribution in [2.75, 3.05) is 0 Å². The van der Waals surface area contributed by atoms with Crippen molar-refractivity contribution in [3.8, 4) is 50.7 Å². The highest BCUT2D eigenvalue weighted by Gasteiger charge is 2.35. The Kier molecular flexibility index (Phi) is 7.36. The summed E-state index contributed by atoms with van der Waals surface area (Å²) in [6.07, 6.45) is 0. The van der Waals surface area contributed by atoms with Crippen LogP contribution in [0, 0.1) is 0 Å². The number of aromatic nitrogens is 3. The lowest BCUT2D eigenvalue weighted by atomic mass is 9.82. The van der Waals surface area contributed by atoms with Crippen LogP contribution in [0.25, 0.3) is 116 Å². The van der Waals surface area contributed by atoms with E-state index in [0.717, 1.165) is 33.8 Å². The molecule has 0 amide bonds. The Labute approximate surface area is 359 Å². The van der Waals surface area contributed by atoms with Crippen molar-refractivity contribution in [2.24, 2.45) is 0 Å². The van der Waals surface area contributed by atoms with Gasteiger partial charge >= 0.3 is 0 Å². The SMILES string of the molecule is CC1(C)c2ccccc2-c2ccc(-c3cc(-c4ccccc4)nc(-c4ccc(-n5c6cc7c8ccccc8c8ccccc8c7cc6c6ccc7ccccc7c65)cc4)n3)cc21. The van der Waals surface area contributed by atoms with E-state index in [1.165, 1.54) is 87.1 Å². The van der Waals surface area contributed by atoms with Gasteiger partial charge in [-0.1, -0.05) is 166 Å². The second kappa shape index (κ2) is 13.1. The molecule has 12 aromatic rings. The van der Waals surface area contributed by atoms with Crippen LogP contribution in [0.1, 0.15) is 25.0 Å². The van der Waals surface area contributed by atoms with Crippen molar-refractivity contribution in [2.45, 2.75) is 19.3 Å². The summed E-state index contributed by atoms with van der Waals surface area (Å²) in [7, 11) is 0. The first-order valence-electron chi connectivity index (χ1n) is 21.5. The summed E-state index contributed by atoms with van der Waals surface area (Å²) in [5.41, 5.74) is 13.6. The fourth-order valence-electron chi connectivity index (χ4n) is 10.5. The van der Waals surface area contributed by atoms with Gasteiger partial charge in [0.1, 0.15) is 0 Å². The van der Waals surface area contributed by atoms with Crippen molar-refractivity contribution < 1.29 is 0 Å². The molecule has 1 aliphatic rings. The first kappa shape index (κ1) is 34.9. The third-order valence-electron chi connectivity index (χ3n) is 13.6. The minimum atomic E-state index is -0.110. The van der Waals surface area contributed by atoms with Gasteiger partial charge < -0.3 is 4.57 Å². The van der Waals surface area contributed by atoms with Crippen molar-refractivity contribution in [3.05, 3.63) is 211 Å². The maximum Gasteiger partial charge on any atom is 0.160 e. The minimum absolute atomic E-state index is 0.110. The summed E-state index contributed by atoms with van der Waals surface area (Å²) in [6.45, 7) is 4.66. The molecular weight excluding hydrogens is 751 g/mol. The molecule has 0 atom stereocenters. The number of fused-ring (bicyclic) bond motifs is 14. The maximum atomic E-state index is 5.33. The molecule has 13 rings (SSSR count). The van der Waals surface area contributed by atoms with Crippen LogP contribution in [0.15, 0.2) is 200 Å². The van der Waals surface area contributed by atoms with Crippen LogP contribution >= 0.6 is 0 Å². The third-order valence-corrected chi connectivity index (χ3v) is 13.6. The molecule has 62 heavy (non-hydrogen) atoms. The van der Waals surface area contributed by atoms with E-state index >= 15 is 0 Å². The molecule has 0 radical (unpaired) electrons. The van der Waals surface area contributed by atoms with E-state index < -0.39 is 0 Å². The molecule has 2 aromatic heterocycles. The van der Waals surface area contributed by atoms with Crippen LogP contribution in [0.2, 0.25) is 0 Å². The second-order valence-electron chi connectivity index (χ2n) is 17.3. The Morgan fingerprint density at radius 2 is 0.952 bits per heavy atom. The summed E-state index contributed by atoms with van der Waals surface area (Å²) in [5, 5.41) is 12.6. The Bertz CT molecular complexity index is 3820. The van der Waals surface area contributed by atoms with Crippen LogP contribution in [0.5, 0.6) is 0 Å². The highest BCUT2D eigenvalue weighted by Crippen LogP contribution is 2.50. The predicted molar refractivity (Wildman–Crippen MR) is 260 cm³/mol. The minimum Gasteiger partial charge on any atom is -0.309 e. The van der Waals surface area contributed by atoms with E-state index in [-0.39, 0.29) is 5.41 Å². The zero-order valence-electron chi connectivity index (χ0n) is 34.4. The number of rotatable bonds is 4. The number of hydrogen-bond donors (Lipinski definition) is 0. The lowest BCUT2D eigenvalue weighted by molar-refractivity contribution is 0.660. The number of hydrogen-bond acceptors (Lipinski definition) is 2. The van der Waals surface area contributed by atoms with Gasteiger partial charge in [0.05, 0.1) is 22.4 Å². The molecule has 3 heteroatoms.